The first kappa shape index (κ1) is 73.8. The maximum absolute atomic E-state index is 14.3. The number of nitrogens with zero attached hydrogens (tertiary/aromatic N) is 4. The number of carbonyl (C=O) groups is 11. The summed E-state index contributed by atoms with van der Waals surface area (Å²) in [7, 11) is 0. The molecular weight excluding hydrogens is 1220 g/mol. The van der Waals surface area contributed by atoms with Gasteiger partial charge in [-0.2, -0.15) is 0 Å². The number of ketones is 1. The van der Waals surface area contributed by atoms with Gasteiger partial charge in [-0.05, 0) is 81.1 Å². The second-order valence-electron chi connectivity index (χ2n) is 23.3. The van der Waals surface area contributed by atoms with E-state index < -0.39 is 59.6 Å². The molecule has 0 fully saturated rings. The molecule has 1 aromatic heterocycles. The van der Waals surface area contributed by atoms with E-state index in [9.17, 15) is 52.7 Å². The lowest BCUT2D eigenvalue weighted by Gasteiger charge is -2.28. The van der Waals surface area contributed by atoms with Crippen molar-refractivity contribution in [1.29, 1.82) is 0 Å². The molecule has 0 saturated heterocycles. The summed E-state index contributed by atoms with van der Waals surface area (Å²) in [5.74, 6) is -3.95. The maximum atomic E-state index is 14.3. The van der Waals surface area contributed by atoms with Crippen LogP contribution in [0.1, 0.15) is 154 Å². The number of primary amides is 1. The monoisotopic (exact) mass is 1310 g/mol. The summed E-state index contributed by atoms with van der Waals surface area (Å²) in [5, 5.41) is 16.8. The van der Waals surface area contributed by atoms with E-state index in [1.807, 2.05) is 5.38 Å². The second-order valence-corrected chi connectivity index (χ2v) is 26.3. The predicted molar refractivity (Wildman–Crippen MR) is 346 cm³/mol. The maximum Gasteiger partial charge on any atom is 0.407 e. The summed E-state index contributed by atoms with van der Waals surface area (Å²) in [6.07, 6.45) is 12.3. The number of rotatable bonds is 36. The number of alkyl carbamates (subject to hydrolysis) is 1. The molecule has 9 amide bonds. The fourth-order valence-corrected chi connectivity index (χ4v) is 12.5. The molecule has 0 saturated carbocycles. The van der Waals surface area contributed by atoms with Crippen LogP contribution in [0.15, 0.2) is 58.9 Å². The molecule has 0 radical (unpaired) electrons. The van der Waals surface area contributed by atoms with E-state index in [1.165, 1.54) is 47.0 Å². The molecule has 2 aromatic rings. The van der Waals surface area contributed by atoms with Gasteiger partial charge in [-0.15, -0.1) is 23.1 Å². The molecule has 0 spiro atoms. The van der Waals surface area contributed by atoms with E-state index in [4.69, 9.17) is 29.9 Å². The summed E-state index contributed by atoms with van der Waals surface area (Å²) in [6.45, 7) is 11.8. The van der Waals surface area contributed by atoms with Crippen LogP contribution < -0.4 is 32.3 Å². The summed E-state index contributed by atoms with van der Waals surface area (Å²) >= 11 is 3.99. The van der Waals surface area contributed by atoms with Gasteiger partial charge < -0.3 is 51.4 Å². The van der Waals surface area contributed by atoms with Gasteiger partial charge in [0.05, 0.1) is 32.2 Å². The molecule has 0 unspecified atom stereocenters. The van der Waals surface area contributed by atoms with Gasteiger partial charge in [-0.25, -0.2) is 19.4 Å². The number of aliphatic imine (C=N–C) groups is 1. The number of hydrogen-bond acceptors (Lipinski definition) is 19. The molecule has 3 aliphatic rings. The molecule has 27 heteroatoms. The Hall–Kier alpha value is -6.97. The number of fused-ring (bicyclic) bond motifs is 4. The number of amides is 9. The third kappa shape index (κ3) is 25.7. The summed E-state index contributed by atoms with van der Waals surface area (Å²) in [5.41, 5.74) is 5.67. The highest BCUT2D eigenvalue weighted by atomic mass is 32.2. The summed E-state index contributed by atoms with van der Waals surface area (Å²) in [4.78, 5) is 155. The molecular formula is C63H90N10O14S3. The van der Waals surface area contributed by atoms with Crippen molar-refractivity contribution in [3.05, 3.63) is 70.2 Å². The van der Waals surface area contributed by atoms with Crippen molar-refractivity contribution < 1.29 is 67.0 Å². The number of imide groups is 1. The topological polar surface area (TPSA) is 333 Å². The van der Waals surface area contributed by atoms with Gasteiger partial charge in [0, 0.05) is 86.1 Å². The molecule has 0 aliphatic carbocycles. The van der Waals surface area contributed by atoms with Gasteiger partial charge in [0.2, 0.25) is 23.6 Å². The molecule has 5 atom stereocenters. The number of benzene rings is 1. The highest BCUT2D eigenvalue weighted by molar-refractivity contribution is 8.14. The smallest absolute Gasteiger partial charge is 0.407 e. The van der Waals surface area contributed by atoms with Crippen molar-refractivity contribution in [2.75, 3.05) is 56.2 Å². The Morgan fingerprint density at radius 3 is 2.33 bits per heavy atom. The van der Waals surface area contributed by atoms with Crippen LogP contribution in [0.5, 0.6) is 0 Å². The zero-order valence-corrected chi connectivity index (χ0v) is 55.1. The number of unbranched alkanes of at least 4 members (excludes halogenated alkanes) is 6. The Labute approximate surface area is 540 Å². The second kappa shape index (κ2) is 38.7. The zero-order chi connectivity index (χ0) is 65.6. The Morgan fingerprint density at radius 1 is 0.900 bits per heavy atom. The average molecular weight is 1310 g/mol. The molecule has 494 valence electrons. The Kier molecular flexibility index (Phi) is 31.7. The van der Waals surface area contributed by atoms with Crippen molar-refractivity contribution in [2.45, 2.75) is 175 Å². The normalized spacial score (nSPS) is 18.6. The number of anilines is 1. The van der Waals surface area contributed by atoms with Crippen LogP contribution >= 0.6 is 34.9 Å². The number of carbonyl (C=O) groups excluding carboxylic acids is 11. The van der Waals surface area contributed by atoms with Crippen LogP contribution in [0.2, 0.25) is 0 Å². The SMILES string of the molecule is CCCCCCCC(=O)SCC/C=C/[C@H]1CC(=O)N(CCOCCNC(=O)OCc2ccc(NC(=O)[C@H](CCCNC(N)=O)CC(=O)[C@@H](NC(=O)CCCCCN3C(=O)C=CC3=O)C(C)C)cc2)Cc2nc(cs2)C2=N[C@](C)(CS2)C(=O)N[C@H](C(C)C)C(=O)O1. The van der Waals surface area contributed by atoms with E-state index in [-0.39, 0.29) is 125 Å². The van der Waals surface area contributed by atoms with E-state index in [0.29, 0.717) is 77.0 Å². The van der Waals surface area contributed by atoms with Crippen molar-refractivity contribution in [2.24, 2.45) is 28.5 Å². The number of nitrogens with one attached hydrogen (secondary N) is 5. The predicted octanol–water partition coefficient (Wildman–Crippen LogP) is 7.28. The molecule has 1 aromatic carbocycles. The molecule has 4 bridgehead atoms. The lowest BCUT2D eigenvalue weighted by molar-refractivity contribution is -0.154. The number of thiazole rings is 1. The van der Waals surface area contributed by atoms with Crippen molar-refractivity contribution in [1.82, 2.24) is 36.1 Å². The number of nitrogens with two attached hydrogens (primary N) is 1. The van der Waals surface area contributed by atoms with Crippen LogP contribution in [0.3, 0.4) is 0 Å². The van der Waals surface area contributed by atoms with Gasteiger partial charge in [0.1, 0.15) is 40.0 Å². The van der Waals surface area contributed by atoms with Crippen LogP contribution in [-0.2, 0) is 70.5 Å². The number of aromatic nitrogens is 1. The van der Waals surface area contributed by atoms with Crippen molar-refractivity contribution >= 4 is 110 Å². The molecule has 7 N–H and O–H groups in total. The Bertz CT molecular complexity index is 2860. The first-order valence-corrected chi connectivity index (χ1v) is 34.0. The third-order valence-corrected chi connectivity index (χ3v) is 18.1. The van der Waals surface area contributed by atoms with Gasteiger partial charge in [-0.1, -0.05) is 96.7 Å². The first-order chi connectivity index (χ1) is 43.0. The molecule has 24 nitrogen and oxygen atoms in total. The quantitative estimate of drug-likeness (QED) is 0.0169. The molecule has 90 heavy (non-hydrogen) atoms. The number of thioether (sulfide) groups is 2. The van der Waals surface area contributed by atoms with E-state index in [2.05, 4.69) is 33.5 Å². The minimum absolute atomic E-state index is 0.0725. The average Bonchev–Trinajstić information content (AvgIpc) is 1.69. The molecule has 5 rings (SSSR count). The minimum atomic E-state index is -1.16. The Balaban J connectivity index is 1.11. The van der Waals surface area contributed by atoms with E-state index in [0.717, 1.165) is 37.0 Å². The van der Waals surface area contributed by atoms with Crippen LogP contribution in [0, 0.1) is 17.8 Å². The number of hydrogen-bond donors (Lipinski definition) is 6. The minimum Gasteiger partial charge on any atom is -0.456 e. The number of allylic oxidation sites excluding steroid dienone is 1. The van der Waals surface area contributed by atoms with Crippen LogP contribution in [0.25, 0.3) is 0 Å². The fourth-order valence-electron chi connectivity index (χ4n) is 9.72. The standard InChI is InChI=1S/C63H90N10O14S3/c1-7-8-9-10-13-21-54(79)88-34-16-14-19-46-36-53(78)72(37-50-68-47(39-89-50)58-71-63(6,40-90-58)60(82)70-56(42(4)5)59(81)87-46)31-33-85-32-29-66-62(84)86-38-43-22-24-45(25-23-43)67-57(80)44(18-17-28-65-61(64)83)35-48(74)55(41(2)3)69-49(75)20-12-11-15-30-73-51(76)26-27-52(73)77/h14,19,22-27,39,41-42,44,46,55-56H,7-13,15-18,20-21,28-38,40H2,1-6H3,(H,66,84)(H,67,80)(H,69,75)(H,70,82)(H3,64,65,83)/b19-14+/t44-,46+,55+,56-,63-/m1/s1. The number of cyclic esters (lactones) is 1. The van der Waals surface area contributed by atoms with Crippen molar-refractivity contribution in [3.63, 3.8) is 0 Å². The van der Waals surface area contributed by atoms with Crippen molar-refractivity contribution in [3.8, 4) is 0 Å². The number of urea groups is 1. The largest absolute Gasteiger partial charge is 0.456 e. The van der Waals surface area contributed by atoms with Gasteiger partial charge >= 0.3 is 18.1 Å². The first-order valence-electron chi connectivity index (χ1n) is 31.1. The number of ether oxygens (including phenoxy) is 3. The highest BCUT2D eigenvalue weighted by Crippen LogP contribution is 2.33. The van der Waals surface area contributed by atoms with E-state index >= 15 is 0 Å². The summed E-state index contributed by atoms with van der Waals surface area (Å²) in [6, 6.07) is 3.95. The van der Waals surface area contributed by atoms with Crippen LogP contribution in [-0.4, -0.2) is 159 Å². The summed E-state index contributed by atoms with van der Waals surface area (Å²) < 4.78 is 17.3. The fraction of sp³-hybridized carbons (Fsp3) is 0.603. The Morgan fingerprint density at radius 2 is 1.62 bits per heavy atom. The number of esters is 1. The zero-order valence-electron chi connectivity index (χ0n) is 52.6. The third-order valence-electron chi connectivity index (χ3n) is 15.0. The van der Waals surface area contributed by atoms with Gasteiger partial charge in [0.25, 0.3) is 11.8 Å². The lowest BCUT2D eigenvalue weighted by Crippen LogP contribution is -2.53. The lowest BCUT2D eigenvalue weighted by atomic mass is 9.89. The van der Waals surface area contributed by atoms with E-state index in [1.54, 1.807) is 75.9 Å². The highest BCUT2D eigenvalue weighted by Gasteiger charge is 2.42. The molecule has 4 heterocycles. The number of Topliss-reactive ketones (excluding diaryl/α,β-unsaturated/α-hetero) is 1. The van der Waals surface area contributed by atoms with Gasteiger partial charge in [0.15, 0.2) is 10.9 Å². The van der Waals surface area contributed by atoms with Gasteiger partial charge in [-0.3, -0.25) is 48.2 Å². The van der Waals surface area contributed by atoms with Crippen LogP contribution in [0.4, 0.5) is 15.3 Å². The molecule has 3 aliphatic heterocycles.